The Labute approximate surface area is 230 Å². The fourth-order valence-corrected chi connectivity index (χ4v) is 7.01. The first kappa shape index (κ1) is 28.8. The number of hydrogen-bond acceptors (Lipinski definition) is 6. The average molecular weight is 572 g/mol. The van der Waals surface area contributed by atoms with Crippen molar-refractivity contribution in [1.82, 2.24) is 14.3 Å². The molecule has 4 rings (SSSR count). The number of amides is 1. The molecular formula is C28H33N3O6S2. The molecule has 0 aromatic heterocycles. The molecule has 3 aromatic carbocycles. The first-order valence-electron chi connectivity index (χ1n) is 12.8. The number of ether oxygens (including phenoxy) is 1. The van der Waals surface area contributed by atoms with Gasteiger partial charge < -0.3 is 10.1 Å². The van der Waals surface area contributed by atoms with Gasteiger partial charge in [-0.25, -0.2) is 21.6 Å². The summed E-state index contributed by atoms with van der Waals surface area (Å²) in [5.74, 6) is -0.0115. The van der Waals surface area contributed by atoms with Gasteiger partial charge in [0.05, 0.1) is 9.79 Å². The van der Waals surface area contributed by atoms with Crippen molar-refractivity contribution in [2.75, 3.05) is 19.7 Å². The van der Waals surface area contributed by atoms with Gasteiger partial charge in [0.1, 0.15) is 5.75 Å². The quantitative estimate of drug-likeness (QED) is 0.363. The lowest BCUT2D eigenvalue weighted by molar-refractivity contribution is -0.123. The Kier molecular flexibility index (Phi) is 9.39. The Balaban J connectivity index is 1.24. The van der Waals surface area contributed by atoms with E-state index < -0.39 is 26.1 Å². The smallest absolute Gasteiger partial charge is 0.258 e. The molecule has 208 valence electrons. The molecule has 1 heterocycles. The molecule has 11 heteroatoms. The third kappa shape index (κ3) is 7.66. The van der Waals surface area contributed by atoms with Gasteiger partial charge in [-0.2, -0.15) is 4.31 Å². The van der Waals surface area contributed by atoms with E-state index in [0.717, 1.165) is 30.4 Å². The molecule has 0 bridgehead atoms. The van der Waals surface area contributed by atoms with Crippen LogP contribution in [0.4, 0.5) is 0 Å². The zero-order valence-electron chi connectivity index (χ0n) is 21.7. The van der Waals surface area contributed by atoms with Crippen molar-refractivity contribution in [3.8, 4) is 5.75 Å². The number of nitrogens with zero attached hydrogens (tertiary/aromatic N) is 1. The minimum atomic E-state index is -3.74. The molecule has 3 aromatic rings. The van der Waals surface area contributed by atoms with E-state index in [4.69, 9.17) is 4.74 Å². The number of hydrogen-bond donors (Lipinski definition) is 2. The van der Waals surface area contributed by atoms with E-state index in [1.807, 2.05) is 30.3 Å². The fourth-order valence-electron chi connectivity index (χ4n) is 4.26. The molecule has 1 aliphatic rings. The predicted octanol–water partition coefficient (Wildman–Crippen LogP) is 3.60. The SMILES string of the molecule is CC(NS(=O)(=O)c1ccc(OCC(=O)NCc2ccc(S(=O)(=O)N3CCCCC3)cc2)cc1)c1ccccc1. The maximum Gasteiger partial charge on any atom is 0.258 e. The van der Waals surface area contributed by atoms with Gasteiger partial charge in [0.15, 0.2) is 6.61 Å². The van der Waals surface area contributed by atoms with Crippen molar-refractivity contribution < 1.29 is 26.4 Å². The van der Waals surface area contributed by atoms with Crippen molar-refractivity contribution in [3.63, 3.8) is 0 Å². The summed E-state index contributed by atoms with van der Waals surface area (Å²) in [7, 11) is -7.24. The molecule has 1 unspecified atom stereocenters. The van der Waals surface area contributed by atoms with E-state index in [1.165, 1.54) is 28.6 Å². The topological polar surface area (TPSA) is 122 Å². The Morgan fingerprint density at radius 1 is 0.846 bits per heavy atom. The highest BCUT2D eigenvalue weighted by atomic mass is 32.2. The molecule has 1 fully saturated rings. The Morgan fingerprint density at radius 2 is 1.46 bits per heavy atom. The van der Waals surface area contributed by atoms with Crippen LogP contribution in [0.1, 0.15) is 43.4 Å². The van der Waals surface area contributed by atoms with Crippen LogP contribution in [0.2, 0.25) is 0 Å². The third-order valence-electron chi connectivity index (χ3n) is 6.50. The summed E-state index contributed by atoms with van der Waals surface area (Å²) in [5, 5.41) is 2.73. The predicted molar refractivity (Wildman–Crippen MR) is 148 cm³/mol. The van der Waals surface area contributed by atoms with Crippen LogP contribution in [0, 0.1) is 0 Å². The highest BCUT2D eigenvalue weighted by Crippen LogP contribution is 2.21. The third-order valence-corrected chi connectivity index (χ3v) is 9.97. The van der Waals surface area contributed by atoms with Gasteiger partial charge in [0.2, 0.25) is 20.0 Å². The van der Waals surface area contributed by atoms with Crippen LogP contribution in [-0.4, -0.2) is 46.7 Å². The van der Waals surface area contributed by atoms with Gasteiger partial charge in [-0.15, -0.1) is 0 Å². The highest BCUT2D eigenvalue weighted by molar-refractivity contribution is 7.89. The lowest BCUT2D eigenvalue weighted by atomic mass is 10.1. The summed E-state index contributed by atoms with van der Waals surface area (Å²) in [6.07, 6.45) is 2.80. The van der Waals surface area contributed by atoms with Crippen LogP contribution >= 0.6 is 0 Å². The zero-order valence-corrected chi connectivity index (χ0v) is 23.4. The van der Waals surface area contributed by atoms with Gasteiger partial charge in [-0.05, 0) is 67.3 Å². The number of carbonyl (C=O) groups is 1. The maximum absolute atomic E-state index is 12.8. The normalized spacial score (nSPS) is 15.4. The second-order valence-electron chi connectivity index (χ2n) is 9.40. The molecule has 1 saturated heterocycles. The molecule has 1 amide bonds. The summed E-state index contributed by atoms with van der Waals surface area (Å²) in [4.78, 5) is 12.6. The summed E-state index contributed by atoms with van der Waals surface area (Å²) < 4.78 is 60.6. The van der Waals surface area contributed by atoms with E-state index in [1.54, 1.807) is 31.2 Å². The Hall–Kier alpha value is -3.25. The largest absolute Gasteiger partial charge is 0.484 e. The van der Waals surface area contributed by atoms with Gasteiger partial charge >= 0.3 is 0 Å². The van der Waals surface area contributed by atoms with E-state index in [0.29, 0.717) is 18.8 Å². The number of sulfonamides is 2. The molecule has 2 N–H and O–H groups in total. The molecule has 39 heavy (non-hydrogen) atoms. The van der Waals surface area contributed by atoms with E-state index >= 15 is 0 Å². The molecule has 0 radical (unpaired) electrons. The first-order valence-corrected chi connectivity index (χ1v) is 15.7. The van der Waals surface area contributed by atoms with Crippen LogP contribution in [-0.2, 0) is 31.4 Å². The summed E-state index contributed by atoms with van der Waals surface area (Å²) in [6, 6.07) is 21.2. The van der Waals surface area contributed by atoms with Crippen molar-refractivity contribution in [3.05, 3.63) is 90.0 Å². The Morgan fingerprint density at radius 3 is 2.10 bits per heavy atom. The second-order valence-corrected chi connectivity index (χ2v) is 13.1. The van der Waals surface area contributed by atoms with E-state index in [2.05, 4.69) is 10.0 Å². The van der Waals surface area contributed by atoms with Gasteiger partial charge in [-0.3, -0.25) is 4.79 Å². The number of benzene rings is 3. The second kappa shape index (κ2) is 12.7. The number of carbonyl (C=O) groups excluding carboxylic acids is 1. The molecule has 1 atom stereocenters. The van der Waals surface area contributed by atoms with Crippen LogP contribution in [0.15, 0.2) is 88.7 Å². The van der Waals surface area contributed by atoms with Crippen LogP contribution < -0.4 is 14.8 Å². The maximum atomic E-state index is 12.8. The minimum absolute atomic E-state index is 0.0906. The van der Waals surface area contributed by atoms with E-state index in [9.17, 15) is 21.6 Å². The molecule has 0 aliphatic carbocycles. The molecule has 0 saturated carbocycles. The molecule has 9 nitrogen and oxygen atoms in total. The van der Waals surface area contributed by atoms with Crippen LogP contribution in [0.3, 0.4) is 0 Å². The Bertz CT molecular complexity index is 1450. The van der Waals surface area contributed by atoms with Crippen molar-refractivity contribution >= 4 is 26.0 Å². The lowest BCUT2D eigenvalue weighted by Crippen LogP contribution is -2.35. The summed E-state index contributed by atoms with van der Waals surface area (Å²) >= 11 is 0. The van der Waals surface area contributed by atoms with Crippen LogP contribution in [0.25, 0.3) is 0 Å². The van der Waals surface area contributed by atoms with Crippen molar-refractivity contribution in [1.29, 1.82) is 0 Å². The number of rotatable bonds is 11. The lowest BCUT2D eigenvalue weighted by Gasteiger charge is -2.25. The first-order chi connectivity index (χ1) is 18.6. The zero-order chi connectivity index (χ0) is 27.9. The van der Waals surface area contributed by atoms with E-state index in [-0.39, 0.29) is 28.8 Å². The fraction of sp³-hybridized carbons (Fsp3) is 0.321. The standard InChI is InChI=1S/C28H33N3O6S2/c1-22(24-8-4-2-5-9-24)30-38(33,34)26-16-12-25(13-17-26)37-21-28(32)29-20-23-10-14-27(15-11-23)39(35,36)31-18-6-3-7-19-31/h2,4-5,8-17,22,30H,3,6-7,18-21H2,1H3,(H,29,32). The molecule has 1 aliphatic heterocycles. The minimum Gasteiger partial charge on any atom is -0.484 e. The highest BCUT2D eigenvalue weighted by Gasteiger charge is 2.25. The van der Waals surface area contributed by atoms with Crippen molar-refractivity contribution in [2.24, 2.45) is 0 Å². The van der Waals surface area contributed by atoms with Crippen molar-refractivity contribution in [2.45, 2.75) is 48.6 Å². The number of nitrogens with one attached hydrogen (secondary N) is 2. The van der Waals surface area contributed by atoms with Gasteiger partial charge in [0, 0.05) is 25.7 Å². The van der Waals surface area contributed by atoms with Crippen LogP contribution in [0.5, 0.6) is 5.75 Å². The molecular weight excluding hydrogens is 538 g/mol. The molecule has 0 spiro atoms. The average Bonchev–Trinajstić information content (AvgIpc) is 2.96. The summed E-state index contributed by atoms with van der Waals surface area (Å²) in [6.45, 7) is 2.83. The van der Waals surface area contributed by atoms with Gasteiger partial charge in [-0.1, -0.05) is 48.9 Å². The monoisotopic (exact) mass is 571 g/mol. The van der Waals surface area contributed by atoms with Gasteiger partial charge in [0.25, 0.3) is 5.91 Å². The summed E-state index contributed by atoms with van der Waals surface area (Å²) in [5.41, 5.74) is 1.61. The number of piperidine rings is 1.